The van der Waals surface area contributed by atoms with Crippen molar-refractivity contribution in [3.05, 3.63) is 29.3 Å². The second-order valence-corrected chi connectivity index (χ2v) is 3.97. The molecule has 0 heterocycles. The predicted molar refractivity (Wildman–Crippen MR) is 61.7 cm³/mol. The molecule has 1 rings (SSSR count). The van der Waals surface area contributed by atoms with Crippen LogP contribution in [0.5, 0.6) is 0 Å². The number of benzene rings is 1. The highest BCUT2D eigenvalue weighted by molar-refractivity contribution is 5.78. The van der Waals surface area contributed by atoms with Crippen molar-refractivity contribution >= 4 is 11.7 Å². The molecule has 0 aliphatic heterocycles. The zero-order valence-electron chi connectivity index (χ0n) is 10.2. The molecular formula is C12H11F3N2O2. The van der Waals surface area contributed by atoms with Crippen molar-refractivity contribution in [1.29, 1.82) is 5.26 Å². The normalized spacial score (nSPS) is 12.6. The Morgan fingerprint density at radius 1 is 1.47 bits per heavy atom. The first-order chi connectivity index (χ1) is 8.68. The molecular weight excluding hydrogens is 261 g/mol. The number of anilines is 1. The summed E-state index contributed by atoms with van der Waals surface area (Å²) < 4.78 is 37.5. The molecule has 0 aliphatic carbocycles. The van der Waals surface area contributed by atoms with Gasteiger partial charge in [0, 0.05) is 7.05 Å². The summed E-state index contributed by atoms with van der Waals surface area (Å²) in [7, 11) is 1.40. The van der Waals surface area contributed by atoms with E-state index in [1.165, 1.54) is 18.9 Å². The van der Waals surface area contributed by atoms with Crippen LogP contribution in [0, 0.1) is 11.3 Å². The average molecular weight is 272 g/mol. The van der Waals surface area contributed by atoms with Crippen molar-refractivity contribution < 1.29 is 23.1 Å². The lowest BCUT2D eigenvalue weighted by molar-refractivity contribution is -0.138. The van der Waals surface area contributed by atoms with E-state index in [0.717, 1.165) is 12.1 Å². The number of carboxylic acids is 1. The van der Waals surface area contributed by atoms with Crippen LogP contribution in [0.3, 0.4) is 0 Å². The summed E-state index contributed by atoms with van der Waals surface area (Å²) in [6.45, 7) is 1.38. The first-order valence-corrected chi connectivity index (χ1v) is 5.25. The average Bonchev–Trinajstić information content (AvgIpc) is 2.34. The van der Waals surface area contributed by atoms with Gasteiger partial charge in [-0.1, -0.05) is 0 Å². The second kappa shape index (κ2) is 5.18. The molecule has 0 amide bonds. The van der Waals surface area contributed by atoms with Gasteiger partial charge in [-0.05, 0) is 25.1 Å². The summed E-state index contributed by atoms with van der Waals surface area (Å²) >= 11 is 0. The standard InChI is InChI=1S/C12H11F3N2O2/c1-7(11(18)19)17(2)10-4-3-9(12(13,14)15)5-8(10)6-16/h3-5,7H,1-2H3,(H,18,19). The number of nitriles is 1. The molecule has 1 unspecified atom stereocenters. The van der Waals surface area contributed by atoms with Gasteiger partial charge in [-0.2, -0.15) is 18.4 Å². The third-order valence-electron chi connectivity index (χ3n) is 2.76. The molecule has 1 aromatic carbocycles. The number of hydrogen-bond acceptors (Lipinski definition) is 3. The predicted octanol–water partition coefficient (Wildman–Crippen LogP) is 2.49. The molecule has 0 saturated carbocycles. The lowest BCUT2D eigenvalue weighted by Crippen LogP contribution is -2.36. The lowest BCUT2D eigenvalue weighted by Gasteiger charge is -2.25. The van der Waals surface area contributed by atoms with E-state index in [1.54, 1.807) is 6.07 Å². The van der Waals surface area contributed by atoms with Gasteiger partial charge in [0.1, 0.15) is 12.1 Å². The zero-order chi connectivity index (χ0) is 14.8. The maximum atomic E-state index is 12.5. The van der Waals surface area contributed by atoms with Gasteiger partial charge in [-0.3, -0.25) is 0 Å². The highest BCUT2D eigenvalue weighted by atomic mass is 19.4. The fraction of sp³-hybridized carbons (Fsp3) is 0.333. The minimum absolute atomic E-state index is 0.144. The number of aliphatic carboxylic acids is 1. The quantitative estimate of drug-likeness (QED) is 0.918. The van der Waals surface area contributed by atoms with Gasteiger partial charge in [0.05, 0.1) is 16.8 Å². The van der Waals surface area contributed by atoms with E-state index in [1.807, 2.05) is 0 Å². The fourth-order valence-corrected chi connectivity index (χ4v) is 1.48. The van der Waals surface area contributed by atoms with E-state index in [-0.39, 0.29) is 11.3 Å². The monoisotopic (exact) mass is 272 g/mol. The summed E-state index contributed by atoms with van der Waals surface area (Å²) in [4.78, 5) is 12.1. The van der Waals surface area contributed by atoms with Crippen LogP contribution < -0.4 is 4.90 Å². The number of rotatable bonds is 3. The number of nitrogens with zero attached hydrogens (tertiary/aromatic N) is 2. The lowest BCUT2D eigenvalue weighted by atomic mass is 10.1. The Morgan fingerprint density at radius 2 is 2.05 bits per heavy atom. The van der Waals surface area contributed by atoms with Crippen LogP contribution in [-0.4, -0.2) is 24.2 Å². The second-order valence-electron chi connectivity index (χ2n) is 3.97. The van der Waals surface area contributed by atoms with Gasteiger partial charge in [-0.15, -0.1) is 0 Å². The third-order valence-corrected chi connectivity index (χ3v) is 2.76. The highest BCUT2D eigenvalue weighted by Gasteiger charge is 2.31. The highest BCUT2D eigenvalue weighted by Crippen LogP contribution is 2.32. The molecule has 0 bridgehead atoms. The summed E-state index contributed by atoms with van der Waals surface area (Å²) in [5.74, 6) is -1.13. The van der Waals surface area contributed by atoms with Crippen LogP contribution in [0.25, 0.3) is 0 Å². The Kier molecular flexibility index (Phi) is 4.04. The maximum absolute atomic E-state index is 12.5. The van der Waals surface area contributed by atoms with Gasteiger partial charge in [0.2, 0.25) is 0 Å². The molecule has 19 heavy (non-hydrogen) atoms. The van der Waals surface area contributed by atoms with E-state index < -0.39 is 23.8 Å². The van der Waals surface area contributed by atoms with Crippen LogP contribution in [0.4, 0.5) is 18.9 Å². The van der Waals surface area contributed by atoms with Crippen molar-refractivity contribution in [3.63, 3.8) is 0 Å². The molecule has 0 saturated heterocycles. The zero-order valence-corrected chi connectivity index (χ0v) is 10.2. The van der Waals surface area contributed by atoms with E-state index in [4.69, 9.17) is 10.4 Å². The Hall–Kier alpha value is -2.23. The van der Waals surface area contributed by atoms with Crippen LogP contribution in [-0.2, 0) is 11.0 Å². The van der Waals surface area contributed by atoms with Gasteiger partial charge >= 0.3 is 12.1 Å². The molecule has 1 N–H and O–H groups in total. The minimum atomic E-state index is -4.54. The smallest absolute Gasteiger partial charge is 0.416 e. The van der Waals surface area contributed by atoms with Crippen LogP contribution in [0.2, 0.25) is 0 Å². The SMILES string of the molecule is CC(C(=O)O)N(C)c1ccc(C(F)(F)F)cc1C#N. The molecule has 0 spiro atoms. The van der Waals surface area contributed by atoms with E-state index in [0.29, 0.717) is 6.07 Å². The largest absolute Gasteiger partial charge is 0.480 e. The van der Waals surface area contributed by atoms with Crippen LogP contribution >= 0.6 is 0 Å². The Bertz CT molecular complexity index is 535. The van der Waals surface area contributed by atoms with Gasteiger partial charge in [-0.25, -0.2) is 4.79 Å². The van der Waals surface area contributed by atoms with E-state index >= 15 is 0 Å². The molecule has 4 nitrogen and oxygen atoms in total. The Morgan fingerprint density at radius 3 is 2.47 bits per heavy atom. The summed E-state index contributed by atoms with van der Waals surface area (Å²) in [5, 5.41) is 17.7. The van der Waals surface area contributed by atoms with E-state index in [2.05, 4.69) is 0 Å². The minimum Gasteiger partial charge on any atom is -0.480 e. The van der Waals surface area contributed by atoms with Crippen molar-refractivity contribution in [1.82, 2.24) is 0 Å². The number of carboxylic acid groups (broad SMARTS) is 1. The number of alkyl halides is 3. The molecule has 1 atom stereocenters. The first-order valence-electron chi connectivity index (χ1n) is 5.25. The number of halogens is 3. The molecule has 0 radical (unpaired) electrons. The van der Waals surface area contributed by atoms with Crippen molar-refractivity contribution in [2.75, 3.05) is 11.9 Å². The van der Waals surface area contributed by atoms with Gasteiger partial charge < -0.3 is 10.0 Å². The third kappa shape index (κ3) is 3.16. The van der Waals surface area contributed by atoms with Crippen molar-refractivity contribution in [2.45, 2.75) is 19.1 Å². The fourth-order valence-electron chi connectivity index (χ4n) is 1.48. The van der Waals surface area contributed by atoms with Gasteiger partial charge in [0.15, 0.2) is 0 Å². The molecule has 102 valence electrons. The molecule has 0 aliphatic rings. The molecule has 1 aromatic rings. The summed E-state index contributed by atoms with van der Waals surface area (Å²) in [6, 6.07) is 3.32. The number of likely N-dealkylation sites (N-methyl/N-ethyl adjacent to an activating group) is 1. The van der Waals surface area contributed by atoms with Gasteiger partial charge in [0.25, 0.3) is 0 Å². The van der Waals surface area contributed by atoms with Crippen LogP contribution in [0.1, 0.15) is 18.1 Å². The van der Waals surface area contributed by atoms with Crippen molar-refractivity contribution in [2.24, 2.45) is 0 Å². The molecule has 7 heteroatoms. The number of hydrogen-bond donors (Lipinski definition) is 1. The van der Waals surface area contributed by atoms with E-state index in [9.17, 15) is 18.0 Å². The Balaban J connectivity index is 3.25. The molecule has 0 fully saturated rings. The molecule has 0 aromatic heterocycles. The van der Waals surface area contributed by atoms with Crippen molar-refractivity contribution in [3.8, 4) is 6.07 Å². The Labute approximate surface area is 107 Å². The van der Waals surface area contributed by atoms with Crippen LogP contribution in [0.15, 0.2) is 18.2 Å². The summed E-state index contributed by atoms with van der Waals surface area (Å²) in [5.41, 5.74) is -1.01. The number of carbonyl (C=O) groups is 1. The summed E-state index contributed by atoms with van der Waals surface area (Å²) in [6.07, 6.45) is -4.54. The maximum Gasteiger partial charge on any atom is 0.416 e. The first kappa shape index (κ1) is 14.8. The topological polar surface area (TPSA) is 64.3 Å².